The van der Waals surface area contributed by atoms with Crippen LogP contribution in [0.2, 0.25) is 5.02 Å². The number of carbonyl (C=O) groups excluding carboxylic acids is 2. The highest BCUT2D eigenvalue weighted by Crippen LogP contribution is 2.27. The number of hydrogen-bond donors (Lipinski definition) is 2. The first-order valence-corrected chi connectivity index (χ1v) is 10.1. The van der Waals surface area contributed by atoms with Gasteiger partial charge in [-0.25, -0.2) is 9.18 Å². The van der Waals surface area contributed by atoms with Crippen molar-refractivity contribution in [3.8, 4) is 0 Å². The maximum absolute atomic E-state index is 13.2. The number of nitrogens with zero attached hydrogens (tertiary/aromatic N) is 1. The Bertz CT molecular complexity index is 880. The molecule has 2 aromatic carbocycles. The number of halogens is 2. The number of benzene rings is 2. The van der Waals surface area contributed by atoms with E-state index < -0.39 is 0 Å². The number of rotatable bonds is 4. The van der Waals surface area contributed by atoms with Gasteiger partial charge >= 0.3 is 6.03 Å². The first-order chi connectivity index (χ1) is 13.8. The van der Waals surface area contributed by atoms with Gasteiger partial charge in [0.1, 0.15) is 5.82 Å². The van der Waals surface area contributed by atoms with E-state index in [2.05, 4.69) is 10.6 Å². The smallest absolute Gasteiger partial charge is 0.321 e. The number of hydrogen-bond acceptors (Lipinski definition) is 2. The second-order valence-electron chi connectivity index (χ2n) is 7.50. The molecule has 0 saturated carbocycles. The van der Waals surface area contributed by atoms with E-state index in [4.69, 9.17) is 11.6 Å². The fourth-order valence-electron chi connectivity index (χ4n) is 3.57. The van der Waals surface area contributed by atoms with Crippen molar-refractivity contribution in [3.05, 3.63) is 58.9 Å². The molecule has 0 aromatic heterocycles. The molecule has 1 heterocycles. The standard InChI is InChI=1S/C22H25ClFN3O2/c1-14-13-18(24)5-8-20(14)26-21(28)15(2)16-9-11-27(12-10-16)22(29)25-19-6-3-17(23)4-7-19/h3-8,13,15-16H,9-12H2,1-2H3,(H,25,29)(H,26,28)/t15-/m1/s1. The first kappa shape index (κ1) is 21.1. The lowest BCUT2D eigenvalue weighted by molar-refractivity contribution is -0.121. The normalized spacial score (nSPS) is 15.7. The summed E-state index contributed by atoms with van der Waals surface area (Å²) in [4.78, 5) is 26.8. The van der Waals surface area contributed by atoms with Crippen molar-refractivity contribution in [3.63, 3.8) is 0 Å². The minimum atomic E-state index is -0.321. The molecule has 1 aliphatic rings. The van der Waals surface area contributed by atoms with E-state index >= 15 is 0 Å². The maximum atomic E-state index is 13.2. The maximum Gasteiger partial charge on any atom is 0.321 e. The molecule has 0 bridgehead atoms. The van der Waals surface area contributed by atoms with Gasteiger partial charge in [-0.2, -0.15) is 0 Å². The van der Waals surface area contributed by atoms with Crippen molar-refractivity contribution in [2.45, 2.75) is 26.7 Å². The van der Waals surface area contributed by atoms with Gasteiger partial charge in [0.2, 0.25) is 5.91 Å². The fraction of sp³-hybridized carbons (Fsp3) is 0.364. The molecule has 0 aliphatic carbocycles. The van der Waals surface area contributed by atoms with Crippen LogP contribution in [0.5, 0.6) is 0 Å². The molecule has 3 amide bonds. The molecule has 2 N–H and O–H groups in total. The molecule has 5 nitrogen and oxygen atoms in total. The molecule has 154 valence electrons. The van der Waals surface area contributed by atoms with E-state index in [1.54, 1.807) is 42.2 Å². The number of anilines is 2. The summed E-state index contributed by atoms with van der Waals surface area (Å²) in [7, 11) is 0. The quantitative estimate of drug-likeness (QED) is 0.708. The fourth-order valence-corrected chi connectivity index (χ4v) is 3.69. The average Bonchev–Trinajstić information content (AvgIpc) is 2.71. The van der Waals surface area contributed by atoms with Crippen molar-refractivity contribution < 1.29 is 14.0 Å². The zero-order chi connectivity index (χ0) is 21.0. The van der Waals surface area contributed by atoms with Gasteiger partial charge in [-0.1, -0.05) is 18.5 Å². The molecule has 1 fully saturated rings. The topological polar surface area (TPSA) is 61.4 Å². The number of piperidine rings is 1. The van der Waals surface area contributed by atoms with Gasteiger partial charge in [0.25, 0.3) is 0 Å². The van der Waals surface area contributed by atoms with Crippen LogP contribution in [0.3, 0.4) is 0 Å². The second kappa shape index (κ2) is 9.27. The van der Waals surface area contributed by atoms with Gasteiger partial charge in [0.15, 0.2) is 0 Å². The highest BCUT2D eigenvalue weighted by molar-refractivity contribution is 6.30. The van der Waals surface area contributed by atoms with Crippen molar-refractivity contribution in [2.24, 2.45) is 11.8 Å². The third-order valence-electron chi connectivity index (χ3n) is 5.49. The van der Waals surface area contributed by atoms with Crippen LogP contribution in [-0.2, 0) is 4.79 Å². The summed E-state index contributed by atoms with van der Waals surface area (Å²) >= 11 is 5.86. The third kappa shape index (κ3) is 5.48. The zero-order valence-corrected chi connectivity index (χ0v) is 17.3. The van der Waals surface area contributed by atoms with E-state index in [-0.39, 0.29) is 29.6 Å². The van der Waals surface area contributed by atoms with Crippen LogP contribution >= 0.6 is 11.6 Å². The number of likely N-dealkylation sites (tertiary alicyclic amines) is 1. The number of aryl methyl sites for hydroxylation is 1. The molecule has 1 atom stereocenters. The minimum Gasteiger partial charge on any atom is -0.326 e. The predicted octanol–water partition coefficient (Wildman–Crippen LogP) is 5.31. The molecule has 2 aromatic rings. The largest absolute Gasteiger partial charge is 0.326 e. The van der Waals surface area contributed by atoms with Crippen LogP contribution in [0.1, 0.15) is 25.3 Å². The summed E-state index contributed by atoms with van der Waals surface area (Å²) in [5.41, 5.74) is 2.02. The molecule has 0 spiro atoms. The third-order valence-corrected chi connectivity index (χ3v) is 5.74. The van der Waals surface area contributed by atoms with Crippen molar-refractivity contribution in [1.29, 1.82) is 0 Å². The van der Waals surface area contributed by atoms with Crippen molar-refractivity contribution >= 4 is 34.9 Å². The summed E-state index contributed by atoms with van der Waals surface area (Å²) in [6.07, 6.45) is 1.51. The Balaban J connectivity index is 1.50. The Morgan fingerprint density at radius 1 is 1.10 bits per heavy atom. The average molecular weight is 418 g/mol. The number of nitrogens with one attached hydrogen (secondary N) is 2. The molecular weight excluding hydrogens is 393 g/mol. The highest BCUT2D eigenvalue weighted by Gasteiger charge is 2.30. The SMILES string of the molecule is Cc1cc(F)ccc1NC(=O)[C@H](C)C1CCN(C(=O)Nc2ccc(Cl)cc2)CC1. The monoisotopic (exact) mass is 417 g/mol. The Morgan fingerprint density at radius 2 is 1.76 bits per heavy atom. The first-order valence-electron chi connectivity index (χ1n) is 9.72. The molecule has 7 heteroatoms. The molecule has 29 heavy (non-hydrogen) atoms. The van der Waals surface area contributed by atoms with E-state index in [1.807, 2.05) is 6.92 Å². The molecular formula is C22H25ClFN3O2. The molecule has 3 rings (SSSR count). The lowest BCUT2D eigenvalue weighted by Gasteiger charge is -2.34. The summed E-state index contributed by atoms with van der Waals surface area (Å²) < 4.78 is 13.2. The number of amides is 3. The highest BCUT2D eigenvalue weighted by atomic mass is 35.5. The van der Waals surface area contributed by atoms with Crippen molar-refractivity contribution in [2.75, 3.05) is 23.7 Å². The Morgan fingerprint density at radius 3 is 2.38 bits per heavy atom. The van der Waals surface area contributed by atoms with Gasteiger partial charge in [0.05, 0.1) is 0 Å². The number of carbonyl (C=O) groups is 2. The van der Waals surface area contributed by atoms with Gasteiger partial charge in [-0.3, -0.25) is 4.79 Å². The van der Waals surface area contributed by atoms with Gasteiger partial charge in [-0.15, -0.1) is 0 Å². The Hall–Kier alpha value is -2.60. The minimum absolute atomic E-state index is 0.0798. The summed E-state index contributed by atoms with van der Waals surface area (Å²) in [5, 5.41) is 6.38. The van der Waals surface area contributed by atoms with Crippen LogP contribution in [-0.4, -0.2) is 29.9 Å². The van der Waals surface area contributed by atoms with E-state index in [0.717, 1.165) is 12.8 Å². The summed E-state index contributed by atoms with van der Waals surface area (Å²) in [6.45, 7) is 4.86. The molecule has 0 radical (unpaired) electrons. The summed E-state index contributed by atoms with van der Waals surface area (Å²) in [6, 6.07) is 11.2. The lowest BCUT2D eigenvalue weighted by atomic mass is 9.85. The summed E-state index contributed by atoms with van der Waals surface area (Å²) in [5.74, 6) is -0.405. The molecule has 1 aliphatic heterocycles. The van der Waals surface area contributed by atoms with Crippen LogP contribution in [0.25, 0.3) is 0 Å². The van der Waals surface area contributed by atoms with Gasteiger partial charge in [0, 0.05) is 35.4 Å². The van der Waals surface area contributed by atoms with Crippen LogP contribution < -0.4 is 10.6 Å². The Labute approximate surface area is 175 Å². The molecule has 0 unspecified atom stereocenters. The predicted molar refractivity (Wildman–Crippen MR) is 114 cm³/mol. The van der Waals surface area contributed by atoms with E-state index in [0.29, 0.717) is 35.1 Å². The van der Waals surface area contributed by atoms with Gasteiger partial charge in [-0.05, 0) is 73.7 Å². The van der Waals surface area contributed by atoms with E-state index in [9.17, 15) is 14.0 Å². The van der Waals surface area contributed by atoms with Crippen molar-refractivity contribution in [1.82, 2.24) is 4.90 Å². The lowest BCUT2D eigenvalue weighted by Crippen LogP contribution is -2.43. The van der Waals surface area contributed by atoms with Gasteiger partial charge < -0.3 is 15.5 Å². The second-order valence-corrected chi connectivity index (χ2v) is 7.94. The van der Waals surface area contributed by atoms with Crippen LogP contribution in [0.15, 0.2) is 42.5 Å². The van der Waals surface area contributed by atoms with Crippen LogP contribution in [0.4, 0.5) is 20.6 Å². The van der Waals surface area contributed by atoms with E-state index in [1.165, 1.54) is 12.1 Å². The van der Waals surface area contributed by atoms with Crippen LogP contribution in [0, 0.1) is 24.6 Å². The molecule has 1 saturated heterocycles. The number of urea groups is 1. The Kier molecular flexibility index (Phi) is 6.75. The zero-order valence-electron chi connectivity index (χ0n) is 16.5.